The Hall–Kier alpha value is -3.05. The third-order valence-corrected chi connectivity index (χ3v) is 2.18. The Morgan fingerprint density at radius 2 is 2.00 bits per heavy atom. The van der Waals surface area contributed by atoms with Gasteiger partial charge in [-0.3, -0.25) is 5.43 Å². The van der Waals surface area contributed by atoms with E-state index < -0.39 is 0 Å². The molecule has 0 radical (unpaired) electrons. The van der Waals surface area contributed by atoms with Crippen molar-refractivity contribution in [1.82, 2.24) is 0 Å². The SMILES string of the molecule is N#CC(C#N)=NNc1cccc(-c2ccco2)c1. The van der Waals surface area contributed by atoms with Gasteiger partial charge in [-0.05, 0) is 24.3 Å². The van der Waals surface area contributed by atoms with Gasteiger partial charge < -0.3 is 4.42 Å². The van der Waals surface area contributed by atoms with Gasteiger partial charge in [-0.25, -0.2) is 0 Å². The number of nitriles is 2. The van der Waals surface area contributed by atoms with E-state index in [1.165, 1.54) is 0 Å². The maximum Gasteiger partial charge on any atom is 0.237 e. The number of nitrogens with one attached hydrogen (secondary N) is 1. The second-order valence-corrected chi connectivity index (χ2v) is 3.35. The molecule has 2 aromatic rings. The number of furan rings is 1. The second kappa shape index (κ2) is 5.33. The molecule has 0 amide bonds. The van der Waals surface area contributed by atoms with Gasteiger partial charge in [0.2, 0.25) is 5.71 Å². The molecular weight excluding hydrogens is 228 g/mol. The van der Waals surface area contributed by atoms with E-state index in [0.29, 0.717) is 5.69 Å². The summed E-state index contributed by atoms with van der Waals surface area (Å²) < 4.78 is 5.27. The highest BCUT2D eigenvalue weighted by atomic mass is 16.3. The first kappa shape index (κ1) is 11.4. The van der Waals surface area contributed by atoms with Crippen molar-refractivity contribution >= 4 is 11.4 Å². The van der Waals surface area contributed by atoms with Crippen LogP contribution in [0.4, 0.5) is 5.69 Å². The molecule has 1 N–H and O–H groups in total. The van der Waals surface area contributed by atoms with Crippen molar-refractivity contribution in [3.63, 3.8) is 0 Å². The van der Waals surface area contributed by atoms with Crippen LogP contribution in [0.15, 0.2) is 52.2 Å². The maximum atomic E-state index is 8.55. The molecule has 0 saturated heterocycles. The standard InChI is InChI=1S/C13H8N4O/c14-8-12(9-15)17-16-11-4-1-3-10(7-11)13-5-2-6-18-13/h1-7,16H. The summed E-state index contributed by atoms with van der Waals surface area (Å²) in [6.45, 7) is 0. The summed E-state index contributed by atoms with van der Waals surface area (Å²) in [4.78, 5) is 0. The number of hydrogen-bond acceptors (Lipinski definition) is 5. The molecule has 5 nitrogen and oxygen atoms in total. The molecule has 0 bridgehead atoms. The monoisotopic (exact) mass is 236 g/mol. The number of anilines is 1. The lowest BCUT2D eigenvalue weighted by molar-refractivity contribution is 0.582. The van der Waals surface area contributed by atoms with Crippen LogP contribution in [-0.4, -0.2) is 5.71 Å². The number of rotatable bonds is 3. The van der Waals surface area contributed by atoms with Crippen LogP contribution in [0, 0.1) is 22.7 Å². The Morgan fingerprint density at radius 3 is 2.67 bits per heavy atom. The molecule has 1 aromatic carbocycles. The number of hydrogen-bond donors (Lipinski definition) is 1. The lowest BCUT2D eigenvalue weighted by atomic mass is 10.1. The van der Waals surface area contributed by atoms with Crippen LogP contribution in [0.25, 0.3) is 11.3 Å². The molecule has 0 unspecified atom stereocenters. The highest BCUT2D eigenvalue weighted by molar-refractivity contribution is 6.10. The van der Waals surface area contributed by atoms with Crippen molar-refractivity contribution in [2.75, 3.05) is 5.43 Å². The van der Waals surface area contributed by atoms with Crippen LogP contribution >= 0.6 is 0 Å². The minimum atomic E-state index is -0.224. The summed E-state index contributed by atoms with van der Waals surface area (Å²) in [6.07, 6.45) is 1.59. The van der Waals surface area contributed by atoms with E-state index in [1.807, 2.05) is 24.3 Å². The van der Waals surface area contributed by atoms with Gasteiger partial charge >= 0.3 is 0 Å². The summed E-state index contributed by atoms with van der Waals surface area (Å²) in [6, 6.07) is 14.3. The summed E-state index contributed by atoms with van der Waals surface area (Å²) in [5.41, 5.74) is 3.98. The van der Waals surface area contributed by atoms with Gasteiger partial charge in [-0.2, -0.15) is 15.6 Å². The molecule has 5 heteroatoms. The van der Waals surface area contributed by atoms with Crippen molar-refractivity contribution in [3.05, 3.63) is 42.7 Å². The molecule has 1 heterocycles. The zero-order valence-electron chi connectivity index (χ0n) is 9.29. The first-order valence-electron chi connectivity index (χ1n) is 5.11. The van der Waals surface area contributed by atoms with Crippen molar-refractivity contribution < 1.29 is 4.42 Å². The molecule has 18 heavy (non-hydrogen) atoms. The highest BCUT2D eigenvalue weighted by Gasteiger charge is 2.01. The van der Waals surface area contributed by atoms with Gasteiger partial charge in [0.15, 0.2) is 0 Å². The van der Waals surface area contributed by atoms with Gasteiger partial charge in [-0.15, -0.1) is 0 Å². The van der Waals surface area contributed by atoms with Gasteiger partial charge in [0.25, 0.3) is 0 Å². The van der Waals surface area contributed by atoms with Crippen LogP contribution in [-0.2, 0) is 0 Å². The number of benzene rings is 1. The molecule has 0 spiro atoms. The van der Waals surface area contributed by atoms with Gasteiger partial charge in [0.05, 0.1) is 12.0 Å². The van der Waals surface area contributed by atoms with E-state index in [1.54, 1.807) is 30.5 Å². The maximum absolute atomic E-state index is 8.55. The molecule has 0 atom stereocenters. The van der Waals surface area contributed by atoms with E-state index in [0.717, 1.165) is 11.3 Å². The van der Waals surface area contributed by atoms with Crippen LogP contribution in [0.3, 0.4) is 0 Å². The fourth-order valence-electron chi connectivity index (χ4n) is 1.38. The van der Waals surface area contributed by atoms with Crippen LogP contribution in [0.2, 0.25) is 0 Å². The smallest absolute Gasteiger partial charge is 0.237 e. The summed E-state index contributed by atoms with van der Waals surface area (Å²) >= 11 is 0. The molecule has 2 rings (SSSR count). The quantitative estimate of drug-likeness (QED) is 0.655. The molecule has 0 aliphatic heterocycles. The van der Waals surface area contributed by atoms with Crippen molar-refractivity contribution in [2.45, 2.75) is 0 Å². The summed E-state index contributed by atoms with van der Waals surface area (Å²) in [5.74, 6) is 0.739. The van der Waals surface area contributed by atoms with Gasteiger partial charge in [-0.1, -0.05) is 12.1 Å². The molecule has 0 saturated carbocycles. The number of nitrogens with zero attached hydrogens (tertiary/aromatic N) is 3. The summed E-state index contributed by atoms with van der Waals surface area (Å²) in [7, 11) is 0. The van der Waals surface area contributed by atoms with E-state index in [4.69, 9.17) is 14.9 Å². The Kier molecular flexibility index (Phi) is 3.39. The van der Waals surface area contributed by atoms with E-state index in [2.05, 4.69) is 10.5 Å². The van der Waals surface area contributed by atoms with Crippen LogP contribution in [0.5, 0.6) is 0 Å². The van der Waals surface area contributed by atoms with Gasteiger partial charge in [0.1, 0.15) is 17.9 Å². The molecule has 1 aromatic heterocycles. The largest absolute Gasteiger partial charge is 0.464 e. The Bertz CT molecular complexity index is 628. The molecule has 0 aliphatic rings. The predicted molar refractivity (Wildman–Crippen MR) is 66.4 cm³/mol. The first-order valence-corrected chi connectivity index (χ1v) is 5.11. The van der Waals surface area contributed by atoms with Crippen LogP contribution < -0.4 is 5.43 Å². The van der Waals surface area contributed by atoms with E-state index >= 15 is 0 Å². The Balaban J connectivity index is 2.22. The Morgan fingerprint density at radius 1 is 1.17 bits per heavy atom. The van der Waals surface area contributed by atoms with Gasteiger partial charge in [0, 0.05) is 5.56 Å². The molecular formula is C13H8N4O. The average molecular weight is 236 g/mol. The van der Waals surface area contributed by atoms with Crippen LogP contribution in [0.1, 0.15) is 0 Å². The summed E-state index contributed by atoms with van der Waals surface area (Å²) in [5, 5.41) is 20.8. The van der Waals surface area contributed by atoms with E-state index in [9.17, 15) is 0 Å². The minimum absolute atomic E-state index is 0.224. The second-order valence-electron chi connectivity index (χ2n) is 3.35. The normalized spacial score (nSPS) is 9.00. The molecule has 0 aliphatic carbocycles. The van der Waals surface area contributed by atoms with E-state index in [-0.39, 0.29) is 5.71 Å². The predicted octanol–water partition coefficient (Wildman–Crippen LogP) is 2.76. The molecule has 86 valence electrons. The zero-order chi connectivity index (χ0) is 12.8. The van der Waals surface area contributed by atoms with Crippen molar-refractivity contribution in [3.8, 4) is 23.5 Å². The minimum Gasteiger partial charge on any atom is -0.464 e. The average Bonchev–Trinajstić information content (AvgIpc) is 2.94. The van der Waals surface area contributed by atoms with Crippen molar-refractivity contribution in [1.29, 1.82) is 10.5 Å². The Labute approximate surface area is 104 Å². The third kappa shape index (κ3) is 2.55. The fourth-order valence-corrected chi connectivity index (χ4v) is 1.38. The first-order chi connectivity index (χ1) is 8.83. The lowest BCUT2D eigenvalue weighted by Crippen LogP contribution is -1.96. The topological polar surface area (TPSA) is 85.1 Å². The highest BCUT2D eigenvalue weighted by Crippen LogP contribution is 2.22. The third-order valence-electron chi connectivity index (χ3n) is 2.18. The van der Waals surface area contributed by atoms with Crippen molar-refractivity contribution in [2.24, 2.45) is 5.10 Å². The molecule has 0 fully saturated rings. The number of hydrazone groups is 1. The fraction of sp³-hybridized carbons (Fsp3) is 0. The lowest BCUT2D eigenvalue weighted by Gasteiger charge is -2.02. The zero-order valence-corrected chi connectivity index (χ0v) is 9.29.